The second-order valence-corrected chi connectivity index (χ2v) is 6.84. The quantitative estimate of drug-likeness (QED) is 0.702. The third-order valence-corrected chi connectivity index (χ3v) is 4.92. The highest BCUT2D eigenvalue weighted by atomic mass is 16.5. The fourth-order valence-corrected chi connectivity index (χ4v) is 3.50. The van der Waals surface area contributed by atoms with Crippen LogP contribution in [-0.2, 0) is 19.1 Å². The van der Waals surface area contributed by atoms with Gasteiger partial charge in [-0.25, -0.2) is 14.6 Å². The fourth-order valence-electron chi connectivity index (χ4n) is 3.50. The minimum Gasteiger partial charge on any atom is -0.484 e. The Bertz CT molecular complexity index is 1030. The molecule has 0 saturated heterocycles. The number of aromatic nitrogens is 2. The number of hydrogen-bond acceptors (Lipinski definition) is 8. The molecule has 0 bridgehead atoms. The van der Waals surface area contributed by atoms with Crippen LogP contribution in [0.15, 0.2) is 65.5 Å². The van der Waals surface area contributed by atoms with Crippen molar-refractivity contribution >= 4 is 17.8 Å². The number of imidazole rings is 1. The van der Waals surface area contributed by atoms with Crippen molar-refractivity contribution in [3.05, 3.63) is 71.1 Å². The Balaban J connectivity index is 1.97. The lowest BCUT2D eigenvalue weighted by Crippen LogP contribution is -2.32. The summed E-state index contributed by atoms with van der Waals surface area (Å²) in [5.41, 5.74) is 2.35. The number of hydrogen-bond donors (Lipinski definition) is 1. The first kappa shape index (κ1) is 21.8. The Hall–Kier alpha value is -3.88. The summed E-state index contributed by atoms with van der Waals surface area (Å²) in [5.74, 6) is -1.74. The number of esters is 2. The number of nitrogens with one attached hydrogen (secondary N) is 1. The van der Waals surface area contributed by atoms with Crippen LogP contribution in [-0.4, -0.2) is 48.2 Å². The number of carbonyl (C=O) groups excluding carboxylic acids is 3. The van der Waals surface area contributed by atoms with Crippen molar-refractivity contribution in [2.75, 3.05) is 20.8 Å². The number of ether oxygens (including phenoxy) is 3. The van der Waals surface area contributed by atoms with Crippen molar-refractivity contribution in [3.63, 3.8) is 0 Å². The Labute approximate surface area is 179 Å². The number of allylic oxidation sites excluding steroid dienone is 2. The molecule has 2 aromatic rings. The van der Waals surface area contributed by atoms with E-state index in [1.807, 2.05) is 0 Å². The zero-order valence-electron chi connectivity index (χ0n) is 17.7. The van der Waals surface area contributed by atoms with Crippen LogP contribution in [0.2, 0.25) is 0 Å². The van der Waals surface area contributed by atoms with Crippen LogP contribution in [0.3, 0.4) is 0 Å². The van der Waals surface area contributed by atoms with E-state index in [0.717, 1.165) is 0 Å². The minimum atomic E-state index is -0.728. The monoisotopic (exact) mass is 425 g/mol. The Morgan fingerprint density at radius 2 is 1.71 bits per heavy atom. The van der Waals surface area contributed by atoms with Gasteiger partial charge in [-0.2, -0.15) is 0 Å². The molecule has 0 saturated carbocycles. The number of rotatable bonds is 6. The zero-order valence-corrected chi connectivity index (χ0v) is 17.7. The third-order valence-electron chi connectivity index (χ3n) is 4.92. The predicted molar refractivity (Wildman–Crippen MR) is 110 cm³/mol. The molecule has 2 heterocycles. The lowest BCUT2D eigenvalue weighted by molar-refractivity contribution is -0.137. The van der Waals surface area contributed by atoms with Crippen LogP contribution in [0.4, 0.5) is 0 Å². The van der Waals surface area contributed by atoms with Gasteiger partial charge in [-0.05, 0) is 31.5 Å². The SMILES string of the molecule is COC(=O)C1=C(C)NC(C)=C(C(=O)OC)C1c1cccc(OCC(=O)n2ccnc2)c1. The van der Waals surface area contributed by atoms with E-state index in [0.29, 0.717) is 33.9 Å². The molecule has 0 spiro atoms. The van der Waals surface area contributed by atoms with Crippen molar-refractivity contribution < 1.29 is 28.6 Å². The number of dihydropyridines is 1. The van der Waals surface area contributed by atoms with Crippen molar-refractivity contribution in [2.45, 2.75) is 19.8 Å². The molecule has 1 N–H and O–H groups in total. The van der Waals surface area contributed by atoms with Crippen LogP contribution < -0.4 is 10.1 Å². The van der Waals surface area contributed by atoms with Crippen LogP contribution in [0.5, 0.6) is 5.75 Å². The van der Waals surface area contributed by atoms with E-state index in [-0.39, 0.29) is 12.5 Å². The second-order valence-electron chi connectivity index (χ2n) is 6.84. The number of carbonyl (C=O) groups is 3. The molecule has 31 heavy (non-hydrogen) atoms. The van der Waals surface area contributed by atoms with Crippen molar-refractivity contribution in [1.29, 1.82) is 0 Å². The van der Waals surface area contributed by atoms with Gasteiger partial charge in [-0.1, -0.05) is 12.1 Å². The van der Waals surface area contributed by atoms with E-state index in [2.05, 4.69) is 10.3 Å². The summed E-state index contributed by atoms with van der Waals surface area (Å²) in [6, 6.07) is 6.87. The van der Waals surface area contributed by atoms with Gasteiger partial charge < -0.3 is 19.5 Å². The van der Waals surface area contributed by atoms with Crippen LogP contribution in [0.1, 0.15) is 30.1 Å². The molecule has 3 rings (SSSR count). The van der Waals surface area contributed by atoms with Gasteiger partial charge in [0.1, 0.15) is 12.1 Å². The van der Waals surface area contributed by atoms with Gasteiger partial charge in [-0.3, -0.25) is 9.36 Å². The maximum atomic E-state index is 12.6. The summed E-state index contributed by atoms with van der Waals surface area (Å²) in [6.07, 6.45) is 4.43. The van der Waals surface area contributed by atoms with Crippen LogP contribution in [0, 0.1) is 0 Å². The Morgan fingerprint density at radius 3 is 2.26 bits per heavy atom. The summed E-state index contributed by atoms with van der Waals surface area (Å²) in [7, 11) is 2.56. The molecule has 0 aliphatic carbocycles. The summed E-state index contributed by atoms with van der Waals surface area (Å²) in [6.45, 7) is 3.27. The minimum absolute atomic E-state index is 0.205. The first-order valence-electron chi connectivity index (χ1n) is 9.46. The Morgan fingerprint density at radius 1 is 1.06 bits per heavy atom. The zero-order chi connectivity index (χ0) is 22.5. The first-order valence-corrected chi connectivity index (χ1v) is 9.46. The largest absolute Gasteiger partial charge is 0.484 e. The summed E-state index contributed by atoms with van der Waals surface area (Å²) in [4.78, 5) is 41.2. The molecule has 9 heteroatoms. The maximum absolute atomic E-state index is 12.6. The van der Waals surface area contributed by atoms with Crippen molar-refractivity contribution in [1.82, 2.24) is 14.9 Å². The maximum Gasteiger partial charge on any atom is 0.336 e. The molecule has 0 fully saturated rings. The fraction of sp³-hybridized carbons (Fsp3) is 0.273. The van der Waals surface area contributed by atoms with E-state index < -0.39 is 17.9 Å². The van der Waals surface area contributed by atoms with Gasteiger partial charge in [0.05, 0.1) is 31.3 Å². The average molecular weight is 425 g/mol. The summed E-state index contributed by atoms with van der Waals surface area (Å²) in [5, 5.41) is 3.05. The molecule has 0 radical (unpaired) electrons. The number of methoxy groups -OCH3 is 2. The molecule has 1 aromatic heterocycles. The molecule has 1 aliphatic heterocycles. The average Bonchev–Trinajstić information content (AvgIpc) is 3.31. The molecule has 0 atom stereocenters. The van der Waals surface area contributed by atoms with E-state index in [9.17, 15) is 14.4 Å². The topological polar surface area (TPSA) is 109 Å². The molecular formula is C22H23N3O6. The lowest BCUT2D eigenvalue weighted by Gasteiger charge is -2.30. The van der Waals surface area contributed by atoms with Gasteiger partial charge in [0.15, 0.2) is 6.61 Å². The van der Waals surface area contributed by atoms with Crippen molar-refractivity contribution in [3.8, 4) is 5.75 Å². The van der Waals surface area contributed by atoms with Crippen LogP contribution >= 0.6 is 0 Å². The van der Waals surface area contributed by atoms with Gasteiger partial charge >= 0.3 is 11.9 Å². The van der Waals surface area contributed by atoms with Crippen LogP contribution in [0.25, 0.3) is 0 Å². The summed E-state index contributed by atoms with van der Waals surface area (Å²) >= 11 is 0. The lowest BCUT2D eigenvalue weighted by atomic mass is 9.80. The smallest absolute Gasteiger partial charge is 0.336 e. The molecule has 9 nitrogen and oxygen atoms in total. The van der Waals surface area contributed by atoms with Gasteiger partial charge in [0, 0.05) is 23.8 Å². The van der Waals surface area contributed by atoms with E-state index >= 15 is 0 Å². The number of nitrogens with zero attached hydrogens (tertiary/aromatic N) is 2. The molecule has 1 aromatic carbocycles. The molecule has 0 unspecified atom stereocenters. The molecule has 1 aliphatic rings. The van der Waals surface area contributed by atoms with E-state index in [1.54, 1.807) is 38.1 Å². The molecule has 162 valence electrons. The van der Waals surface area contributed by atoms with Gasteiger partial charge in [0.2, 0.25) is 0 Å². The second kappa shape index (κ2) is 9.29. The predicted octanol–water partition coefficient (Wildman–Crippen LogP) is 2.18. The highest BCUT2D eigenvalue weighted by molar-refractivity contribution is 5.99. The number of benzene rings is 1. The normalized spacial score (nSPS) is 14.2. The summed E-state index contributed by atoms with van der Waals surface area (Å²) < 4.78 is 16.9. The van der Waals surface area contributed by atoms with Gasteiger partial charge in [-0.15, -0.1) is 0 Å². The highest BCUT2D eigenvalue weighted by Crippen LogP contribution is 2.40. The molecular weight excluding hydrogens is 402 g/mol. The van der Waals surface area contributed by atoms with Gasteiger partial charge in [0.25, 0.3) is 5.91 Å². The molecule has 0 amide bonds. The van der Waals surface area contributed by atoms with Crippen molar-refractivity contribution in [2.24, 2.45) is 0 Å². The van der Waals surface area contributed by atoms with E-state index in [4.69, 9.17) is 14.2 Å². The highest BCUT2D eigenvalue weighted by Gasteiger charge is 2.37. The first-order chi connectivity index (χ1) is 14.9. The third kappa shape index (κ3) is 4.50. The Kier molecular flexibility index (Phi) is 6.54. The van der Waals surface area contributed by atoms with E-state index in [1.165, 1.54) is 37.5 Å². The standard InChI is InChI=1S/C22H23N3O6/c1-13-18(21(27)29-3)20(19(14(2)24-13)22(28)30-4)15-6-5-7-16(10-15)31-11-17(26)25-9-8-23-12-25/h5-10,12,20,24H,11H2,1-4H3.